The van der Waals surface area contributed by atoms with Gasteiger partial charge in [-0.1, -0.05) is 0 Å². The molecule has 1 rings (SSSR count). The van der Waals surface area contributed by atoms with Crippen LogP contribution in [0.2, 0.25) is 0 Å². The van der Waals surface area contributed by atoms with Crippen LogP contribution in [0.5, 0.6) is 0 Å². The standard InChI is InChI=1S/C12H16N2O4/c1-4-18-12(16)9-6-5-7-13-10(9)14-8(2)11(15)17-3/h5-8H,4H2,1-3H3,(H,13,14). The van der Waals surface area contributed by atoms with Crippen molar-refractivity contribution in [1.82, 2.24) is 4.98 Å². The lowest BCUT2D eigenvalue weighted by atomic mass is 10.2. The topological polar surface area (TPSA) is 77.5 Å². The summed E-state index contributed by atoms with van der Waals surface area (Å²) in [5, 5.41) is 2.81. The summed E-state index contributed by atoms with van der Waals surface area (Å²) in [6.45, 7) is 3.62. The van der Waals surface area contributed by atoms with Crippen molar-refractivity contribution >= 4 is 17.8 Å². The van der Waals surface area contributed by atoms with Crippen LogP contribution in [0.3, 0.4) is 0 Å². The van der Waals surface area contributed by atoms with Crippen LogP contribution < -0.4 is 5.32 Å². The third-order valence-corrected chi connectivity index (χ3v) is 2.21. The van der Waals surface area contributed by atoms with E-state index in [2.05, 4.69) is 15.0 Å². The van der Waals surface area contributed by atoms with Crippen LogP contribution in [0.25, 0.3) is 0 Å². The zero-order valence-corrected chi connectivity index (χ0v) is 10.6. The maximum atomic E-state index is 11.7. The van der Waals surface area contributed by atoms with Crippen molar-refractivity contribution in [1.29, 1.82) is 0 Å². The quantitative estimate of drug-likeness (QED) is 0.794. The molecule has 0 aliphatic rings. The second-order valence-corrected chi connectivity index (χ2v) is 3.51. The zero-order valence-electron chi connectivity index (χ0n) is 10.6. The van der Waals surface area contributed by atoms with Crippen molar-refractivity contribution in [2.24, 2.45) is 0 Å². The minimum absolute atomic E-state index is 0.278. The Hall–Kier alpha value is -2.11. The molecular weight excluding hydrogens is 236 g/mol. The maximum absolute atomic E-state index is 11.7. The van der Waals surface area contributed by atoms with Crippen molar-refractivity contribution < 1.29 is 19.1 Å². The number of methoxy groups -OCH3 is 1. The van der Waals surface area contributed by atoms with Crippen LogP contribution in [-0.2, 0) is 14.3 Å². The number of carbonyl (C=O) groups is 2. The molecule has 1 atom stereocenters. The molecule has 98 valence electrons. The molecule has 1 aromatic heterocycles. The summed E-state index contributed by atoms with van der Waals surface area (Å²) in [7, 11) is 1.30. The van der Waals surface area contributed by atoms with Gasteiger partial charge in [-0.3, -0.25) is 0 Å². The third-order valence-electron chi connectivity index (χ3n) is 2.21. The van der Waals surface area contributed by atoms with E-state index in [9.17, 15) is 9.59 Å². The largest absolute Gasteiger partial charge is 0.467 e. The Labute approximate surface area is 105 Å². The van der Waals surface area contributed by atoms with E-state index in [-0.39, 0.29) is 12.2 Å². The van der Waals surface area contributed by atoms with Crippen LogP contribution in [0.15, 0.2) is 18.3 Å². The molecule has 1 unspecified atom stereocenters. The number of esters is 2. The van der Waals surface area contributed by atoms with Crippen molar-refractivity contribution in [3.63, 3.8) is 0 Å². The van der Waals surface area contributed by atoms with Crippen LogP contribution in [-0.4, -0.2) is 36.7 Å². The Morgan fingerprint density at radius 3 is 2.83 bits per heavy atom. The van der Waals surface area contributed by atoms with Gasteiger partial charge >= 0.3 is 11.9 Å². The number of pyridine rings is 1. The van der Waals surface area contributed by atoms with Crippen LogP contribution >= 0.6 is 0 Å². The summed E-state index contributed by atoms with van der Waals surface area (Å²) in [5.74, 6) is -0.616. The van der Waals surface area contributed by atoms with Gasteiger partial charge in [0.2, 0.25) is 0 Å². The van der Waals surface area contributed by atoms with Gasteiger partial charge in [-0.05, 0) is 26.0 Å². The molecule has 18 heavy (non-hydrogen) atoms. The summed E-state index contributed by atoms with van der Waals surface area (Å²) >= 11 is 0. The normalized spacial score (nSPS) is 11.5. The smallest absolute Gasteiger partial charge is 0.341 e. The first-order chi connectivity index (χ1) is 8.60. The molecule has 0 spiro atoms. The van der Waals surface area contributed by atoms with E-state index in [0.29, 0.717) is 5.82 Å². The van der Waals surface area contributed by atoms with Crippen LogP contribution in [0.1, 0.15) is 24.2 Å². The van der Waals surface area contributed by atoms with Gasteiger partial charge in [0.1, 0.15) is 17.4 Å². The second kappa shape index (κ2) is 6.58. The summed E-state index contributed by atoms with van der Waals surface area (Å²) in [6.07, 6.45) is 1.52. The average molecular weight is 252 g/mol. The SMILES string of the molecule is CCOC(=O)c1cccnc1NC(C)C(=O)OC. The molecule has 0 aliphatic carbocycles. The van der Waals surface area contributed by atoms with Gasteiger partial charge < -0.3 is 14.8 Å². The van der Waals surface area contributed by atoms with E-state index < -0.39 is 18.0 Å². The van der Waals surface area contributed by atoms with Crippen molar-refractivity contribution in [3.8, 4) is 0 Å². The molecule has 0 amide bonds. The molecule has 0 aromatic carbocycles. The average Bonchev–Trinajstić information content (AvgIpc) is 2.38. The maximum Gasteiger partial charge on any atom is 0.341 e. The van der Waals surface area contributed by atoms with Gasteiger partial charge in [0.05, 0.1) is 13.7 Å². The minimum Gasteiger partial charge on any atom is -0.467 e. The Morgan fingerprint density at radius 1 is 1.50 bits per heavy atom. The summed E-state index contributed by atoms with van der Waals surface area (Å²) in [5.41, 5.74) is 0.287. The van der Waals surface area contributed by atoms with Crippen LogP contribution in [0, 0.1) is 0 Å². The van der Waals surface area contributed by atoms with Gasteiger partial charge in [0.15, 0.2) is 0 Å². The molecule has 0 saturated heterocycles. The molecule has 6 heteroatoms. The molecule has 0 fully saturated rings. The van der Waals surface area contributed by atoms with E-state index in [1.165, 1.54) is 13.3 Å². The lowest BCUT2D eigenvalue weighted by Gasteiger charge is -2.14. The monoisotopic (exact) mass is 252 g/mol. The van der Waals surface area contributed by atoms with Crippen molar-refractivity contribution in [2.75, 3.05) is 19.0 Å². The molecule has 0 aliphatic heterocycles. The highest BCUT2D eigenvalue weighted by atomic mass is 16.5. The second-order valence-electron chi connectivity index (χ2n) is 3.51. The number of aromatic nitrogens is 1. The van der Waals surface area contributed by atoms with E-state index in [1.54, 1.807) is 26.0 Å². The van der Waals surface area contributed by atoms with E-state index in [1.807, 2.05) is 0 Å². The number of hydrogen-bond acceptors (Lipinski definition) is 6. The Kier molecular flexibility index (Phi) is 5.10. The first kappa shape index (κ1) is 14.0. The Morgan fingerprint density at radius 2 is 2.22 bits per heavy atom. The predicted octanol–water partition coefficient (Wildman–Crippen LogP) is 1.23. The van der Waals surface area contributed by atoms with Gasteiger partial charge in [-0.15, -0.1) is 0 Å². The fourth-order valence-electron chi connectivity index (χ4n) is 1.33. The van der Waals surface area contributed by atoms with Gasteiger partial charge in [-0.25, -0.2) is 14.6 Å². The number of nitrogens with zero attached hydrogens (tertiary/aromatic N) is 1. The molecule has 0 radical (unpaired) electrons. The highest BCUT2D eigenvalue weighted by molar-refractivity contribution is 5.95. The fourth-order valence-corrected chi connectivity index (χ4v) is 1.33. The molecule has 1 heterocycles. The fraction of sp³-hybridized carbons (Fsp3) is 0.417. The number of ether oxygens (including phenoxy) is 2. The van der Waals surface area contributed by atoms with Gasteiger partial charge in [-0.2, -0.15) is 0 Å². The molecular formula is C12H16N2O4. The number of nitrogens with one attached hydrogen (secondary N) is 1. The first-order valence-electron chi connectivity index (χ1n) is 5.56. The first-order valence-corrected chi connectivity index (χ1v) is 5.56. The number of hydrogen-bond donors (Lipinski definition) is 1. The Bertz CT molecular complexity index is 434. The van der Waals surface area contributed by atoms with Crippen molar-refractivity contribution in [2.45, 2.75) is 19.9 Å². The summed E-state index contributed by atoms with van der Waals surface area (Å²) in [6, 6.07) is 2.61. The molecule has 0 saturated carbocycles. The number of anilines is 1. The lowest BCUT2D eigenvalue weighted by Crippen LogP contribution is -2.28. The molecule has 1 N–H and O–H groups in total. The third kappa shape index (κ3) is 3.44. The lowest BCUT2D eigenvalue weighted by molar-refractivity contribution is -0.141. The van der Waals surface area contributed by atoms with E-state index in [4.69, 9.17) is 4.74 Å². The number of rotatable bonds is 5. The molecule has 6 nitrogen and oxygen atoms in total. The zero-order chi connectivity index (χ0) is 13.5. The molecule has 1 aromatic rings. The highest BCUT2D eigenvalue weighted by Crippen LogP contribution is 2.14. The van der Waals surface area contributed by atoms with Crippen molar-refractivity contribution in [3.05, 3.63) is 23.9 Å². The molecule has 0 bridgehead atoms. The summed E-state index contributed by atoms with van der Waals surface area (Å²) < 4.78 is 9.49. The van der Waals surface area contributed by atoms with Gasteiger partial charge in [0, 0.05) is 6.20 Å². The summed E-state index contributed by atoms with van der Waals surface area (Å²) in [4.78, 5) is 27.0. The van der Waals surface area contributed by atoms with Crippen LogP contribution in [0.4, 0.5) is 5.82 Å². The van der Waals surface area contributed by atoms with E-state index >= 15 is 0 Å². The van der Waals surface area contributed by atoms with Gasteiger partial charge in [0.25, 0.3) is 0 Å². The number of carbonyl (C=O) groups excluding carboxylic acids is 2. The van der Waals surface area contributed by atoms with E-state index in [0.717, 1.165) is 0 Å². The predicted molar refractivity (Wildman–Crippen MR) is 65.3 cm³/mol. The highest BCUT2D eigenvalue weighted by Gasteiger charge is 2.18. The minimum atomic E-state index is -0.599. The Balaban J connectivity index is 2.88.